The van der Waals surface area contributed by atoms with Crippen LogP contribution < -0.4 is 75.9 Å². The maximum atomic E-state index is 9.13. The molecule has 23 heteroatoms. The number of carboxylic acids is 7. The predicted octanol–water partition coefficient (Wildman–Crippen LogP) is -16.5. The molecule has 14 N–H and O–H groups in total. The summed E-state index contributed by atoms with van der Waals surface area (Å²) in [5.74, 6) is -8.52. The van der Waals surface area contributed by atoms with Crippen LogP contribution in [0, 0.1) is 0 Å². The van der Waals surface area contributed by atoms with E-state index in [4.69, 9.17) is 69.3 Å². The van der Waals surface area contributed by atoms with E-state index in [1.165, 1.54) is 0 Å². The summed E-state index contributed by atoms with van der Waals surface area (Å²) >= 11 is 0. The van der Waals surface area contributed by atoms with Crippen LogP contribution in [0.4, 0.5) is 0 Å². The van der Waals surface area contributed by atoms with E-state index >= 15 is 0 Å². The predicted molar refractivity (Wildman–Crippen MR) is 104 cm³/mol. The topological polar surface area (TPSA) is 463 Å². The molecule has 0 rings (SSSR count). The molecule has 0 bridgehead atoms. The van der Waals surface area contributed by atoms with Gasteiger partial charge in [-0.25, -0.2) is 0 Å². The van der Waals surface area contributed by atoms with Crippen LogP contribution in [0.15, 0.2) is 0 Å². The number of carbonyl (C=O) groups excluding carboxylic acids is 7. The van der Waals surface area contributed by atoms with E-state index in [1.807, 2.05) is 0 Å². The second-order valence-electron chi connectivity index (χ2n) is 4.03. The van der Waals surface area contributed by atoms with E-state index in [2.05, 4.69) is 40.1 Å². The fourth-order valence-electron chi connectivity index (χ4n) is 0. The Bertz CT molecular complexity index is 451. The number of carboxylic acid groups (broad SMARTS) is 7. The van der Waals surface area contributed by atoms with E-state index in [0.29, 0.717) is 0 Å². The second kappa shape index (κ2) is 54.4. The molecule has 0 heterocycles. The molecule has 0 radical (unpaired) electrons. The van der Waals surface area contributed by atoms with Crippen LogP contribution in [0.25, 0.3) is 0 Å². The molecule has 210 valence electrons. The van der Waals surface area contributed by atoms with Crippen LogP contribution in [-0.4, -0.2) is 105 Å². The molecule has 0 aromatic carbocycles. The maximum absolute atomic E-state index is 9.13. The Balaban J connectivity index is -0.0000000350. The van der Waals surface area contributed by atoms with Gasteiger partial charge in [0.1, 0.15) is 0 Å². The number of rotatable bonds is 7. The summed E-state index contributed by atoms with van der Waals surface area (Å²) in [5, 5.41) is 63.9. The van der Waals surface area contributed by atoms with Gasteiger partial charge in [0, 0.05) is 45.8 Å². The molecule has 0 aliphatic rings. The van der Waals surface area contributed by atoms with Crippen molar-refractivity contribution in [3.05, 3.63) is 0 Å². The zero-order valence-electron chi connectivity index (χ0n) is 19.3. The third-order valence-corrected chi connectivity index (χ3v) is 1.17. The number of hydrogen-bond acceptors (Lipinski definition) is 21. The molecule has 0 amide bonds. The molecule has 0 aromatic rings. The summed E-state index contributed by atoms with van der Waals surface area (Å²) in [6.07, 6.45) is 0. The average molecular weight is 637 g/mol. The van der Waals surface area contributed by atoms with Crippen molar-refractivity contribution < 1.29 is 95.5 Å². The number of aliphatic carboxylic acids is 7. The minimum absolute atomic E-state index is 0. The Kier molecular flexibility index (Phi) is 87.4. The molecular formula is C14H28AlN7O14Zr. The van der Waals surface area contributed by atoms with Crippen LogP contribution in [0.2, 0.25) is 0 Å². The van der Waals surface area contributed by atoms with E-state index in [9.17, 15) is 0 Å². The number of nitrogens with two attached hydrogens (primary N) is 7. The second-order valence-corrected chi connectivity index (χ2v) is 4.03. The molecule has 0 aliphatic heterocycles. The Hall–Kier alpha value is -2.57. The minimum atomic E-state index is -1.22. The first-order valence-corrected chi connectivity index (χ1v) is 8.19. The Morgan fingerprint density at radius 1 is 0.324 bits per heavy atom. The van der Waals surface area contributed by atoms with Crippen molar-refractivity contribution in [3.8, 4) is 0 Å². The van der Waals surface area contributed by atoms with Crippen molar-refractivity contribution in [2.24, 2.45) is 40.1 Å². The molecule has 0 atom stereocenters. The SMILES string of the molecule is NCC(=O)[O-].NCC(=O)[O-].NCC(=O)[O-].NCC(=O)[O-].NCC(=O)[O-].NCC(=O)[O-].NCC(=O)[O-].[Al+3].[Zr+4]. The normalized spacial score (nSPS) is 7.00. The molecule has 0 spiro atoms. The van der Waals surface area contributed by atoms with E-state index in [1.54, 1.807) is 0 Å². The quantitative estimate of drug-likeness (QED) is 0.127. The summed E-state index contributed by atoms with van der Waals surface area (Å²) in [5.41, 5.74) is 31.6. The van der Waals surface area contributed by atoms with Gasteiger partial charge in [0.15, 0.2) is 0 Å². The molecule has 0 fully saturated rings. The van der Waals surface area contributed by atoms with Gasteiger partial charge in [0.2, 0.25) is 0 Å². The van der Waals surface area contributed by atoms with Crippen LogP contribution in [0.1, 0.15) is 0 Å². The molecule has 0 saturated heterocycles. The smallest absolute Gasteiger partial charge is 0.549 e. The van der Waals surface area contributed by atoms with Crippen molar-refractivity contribution in [2.45, 2.75) is 0 Å². The van der Waals surface area contributed by atoms with Gasteiger partial charge in [-0.2, -0.15) is 0 Å². The van der Waals surface area contributed by atoms with Gasteiger partial charge in [-0.1, -0.05) is 0 Å². The third-order valence-electron chi connectivity index (χ3n) is 1.17. The van der Waals surface area contributed by atoms with E-state index < -0.39 is 41.8 Å². The van der Waals surface area contributed by atoms with Crippen LogP contribution in [0.5, 0.6) is 0 Å². The fourth-order valence-corrected chi connectivity index (χ4v) is 0. The van der Waals surface area contributed by atoms with Gasteiger partial charge in [0.05, 0.1) is 41.8 Å². The van der Waals surface area contributed by atoms with Gasteiger partial charge in [0.25, 0.3) is 0 Å². The standard InChI is InChI=1S/7C2H5NO2.Al.Zr/c7*3-1-2(4)5;;/h7*1,3H2,(H,4,5);;/q;;;;;;;+3;+4/p-7. The minimum Gasteiger partial charge on any atom is -0.549 e. The summed E-state index contributed by atoms with van der Waals surface area (Å²) < 4.78 is 0. The summed E-state index contributed by atoms with van der Waals surface area (Å²) in [6, 6.07) is 0. The largest absolute Gasteiger partial charge is 4.00 e. The molecule has 0 aromatic heterocycles. The number of carbonyl (C=O) groups is 7. The van der Waals surface area contributed by atoms with Crippen molar-refractivity contribution in [1.29, 1.82) is 0 Å². The van der Waals surface area contributed by atoms with Crippen LogP contribution in [0.3, 0.4) is 0 Å². The number of hydrogen-bond donors (Lipinski definition) is 7. The molecular weight excluding hydrogens is 608 g/mol. The molecule has 0 unspecified atom stereocenters. The zero-order valence-corrected chi connectivity index (χ0v) is 22.9. The Labute approximate surface area is 240 Å². The van der Waals surface area contributed by atoms with Crippen molar-refractivity contribution in [1.82, 2.24) is 0 Å². The maximum Gasteiger partial charge on any atom is 4.00 e. The average Bonchev–Trinajstić information content (AvgIpc) is 2.80. The van der Waals surface area contributed by atoms with E-state index in [0.717, 1.165) is 0 Å². The molecule has 0 aliphatic carbocycles. The van der Waals surface area contributed by atoms with Crippen LogP contribution in [-0.2, 0) is 59.8 Å². The first kappa shape index (κ1) is 59.5. The molecule has 21 nitrogen and oxygen atoms in total. The first-order chi connectivity index (χ1) is 15.9. The van der Waals surface area contributed by atoms with Crippen molar-refractivity contribution >= 4 is 59.1 Å². The zero-order chi connectivity index (χ0) is 30.0. The van der Waals surface area contributed by atoms with Crippen LogP contribution >= 0.6 is 0 Å². The summed E-state index contributed by atoms with van der Waals surface area (Å²) in [4.78, 5) is 63.9. The van der Waals surface area contributed by atoms with Gasteiger partial charge < -0.3 is 109 Å². The van der Waals surface area contributed by atoms with Gasteiger partial charge in [-0.15, -0.1) is 0 Å². The van der Waals surface area contributed by atoms with Gasteiger partial charge in [-0.05, 0) is 0 Å². The fraction of sp³-hybridized carbons (Fsp3) is 0.500. The molecule has 0 saturated carbocycles. The van der Waals surface area contributed by atoms with E-state index in [-0.39, 0.29) is 89.4 Å². The summed E-state index contributed by atoms with van der Waals surface area (Å²) in [7, 11) is 0. The van der Waals surface area contributed by atoms with Gasteiger partial charge >= 0.3 is 43.6 Å². The third kappa shape index (κ3) is 253. The summed E-state index contributed by atoms with van der Waals surface area (Å²) in [6.45, 7) is -2.72. The Morgan fingerprint density at radius 3 is 0.351 bits per heavy atom. The van der Waals surface area contributed by atoms with Crippen molar-refractivity contribution in [3.63, 3.8) is 0 Å². The first-order valence-electron chi connectivity index (χ1n) is 8.19. The van der Waals surface area contributed by atoms with Gasteiger partial charge in [-0.3, -0.25) is 0 Å². The Morgan fingerprint density at radius 2 is 0.351 bits per heavy atom. The molecule has 37 heavy (non-hydrogen) atoms. The monoisotopic (exact) mass is 635 g/mol. The van der Waals surface area contributed by atoms with Crippen molar-refractivity contribution in [2.75, 3.05) is 45.8 Å².